The lowest BCUT2D eigenvalue weighted by atomic mass is 9.98. The molecule has 4 rings (SSSR count). The van der Waals surface area contributed by atoms with Crippen LogP contribution in [0.25, 0.3) is 22.4 Å². The van der Waals surface area contributed by atoms with E-state index in [0.29, 0.717) is 18.7 Å². The Kier molecular flexibility index (Phi) is 4.43. The molecule has 1 aliphatic heterocycles. The number of carboxylic acids is 1. The molecular formula is C21H20N4O3. The predicted molar refractivity (Wildman–Crippen MR) is 104 cm³/mol. The third kappa shape index (κ3) is 3.26. The Balaban J connectivity index is 1.75. The van der Waals surface area contributed by atoms with Crippen molar-refractivity contribution in [3.05, 3.63) is 59.5 Å². The topological polar surface area (TPSA) is 88.3 Å². The first-order valence-electron chi connectivity index (χ1n) is 9.03. The van der Waals surface area contributed by atoms with E-state index in [-0.39, 0.29) is 12.3 Å². The van der Waals surface area contributed by atoms with Crippen molar-refractivity contribution < 1.29 is 14.7 Å². The summed E-state index contributed by atoms with van der Waals surface area (Å²) in [4.78, 5) is 29.6. The van der Waals surface area contributed by atoms with Gasteiger partial charge in [-0.2, -0.15) is 5.10 Å². The summed E-state index contributed by atoms with van der Waals surface area (Å²) in [5, 5.41) is 13.1. The van der Waals surface area contributed by atoms with Gasteiger partial charge in [-0.25, -0.2) is 0 Å². The predicted octanol–water partition coefficient (Wildman–Crippen LogP) is 2.98. The number of carbonyl (C=O) groups is 2. The highest BCUT2D eigenvalue weighted by atomic mass is 16.4. The summed E-state index contributed by atoms with van der Waals surface area (Å²) >= 11 is 0. The van der Waals surface area contributed by atoms with Crippen molar-refractivity contribution in [2.45, 2.75) is 26.4 Å². The van der Waals surface area contributed by atoms with Crippen LogP contribution in [0.3, 0.4) is 0 Å². The second-order valence-corrected chi connectivity index (χ2v) is 7.02. The number of nitrogens with zero attached hydrogens (tertiary/aromatic N) is 4. The Hall–Kier alpha value is -3.48. The lowest BCUT2D eigenvalue weighted by Crippen LogP contribution is -2.17. The number of aromatic nitrogens is 3. The maximum absolute atomic E-state index is 12.4. The second-order valence-electron chi connectivity index (χ2n) is 7.02. The molecule has 7 heteroatoms. The number of fused-ring (bicyclic) bond motifs is 1. The van der Waals surface area contributed by atoms with Gasteiger partial charge in [-0.1, -0.05) is 18.2 Å². The van der Waals surface area contributed by atoms with Gasteiger partial charge in [0.2, 0.25) is 0 Å². The molecule has 3 heterocycles. The van der Waals surface area contributed by atoms with E-state index in [4.69, 9.17) is 10.1 Å². The van der Waals surface area contributed by atoms with Gasteiger partial charge < -0.3 is 10.0 Å². The Morgan fingerprint density at radius 3 is 2.79 bits per heavy atom. The number of benzene rings is 1. The Morgan fingerprint density at radius 1 is 1.18 bits per heavy atom. The highest BCUT2D eigenvalue weighted by molar-refractivity contribution is 5.99. The van der Waals surface area contributed by atoms with Crippen molar-refractivity contribution in [2.24, 2.45) is 0 Å². The van der Waals surface area contributed by atoms with Crippen LogP contribution in [0.5, 0.6) is 0 Å². The Bertz CT molecular complexity index is 1090. The number of rotatable bonds is 5. The SMILES string of the molecule is Cc1ccc(-c2cnn(CCC(=O)O)c2)c(-c2ccc3c(c2)C(=O)N(C)C3)n1. The van der Waals surface area contributed by atoms with Gasteiger partial charge in [-0.15, -0.1) is 0 Å². The number of carboxylic acid groups (broad SMARTS) is 1. The Labute approximate surface area is 162 Å². The van der Waals surface area contributed by atoms with Crippen molar-refractivity contribution in [3.8, 4) is 22.4 Å². The lowest BCUT2D eigenvalue weighted by Gasteiger charge is -2.10. The standard InChI is InChI=1S/C21H20N4O3/c1-13-3-6-17(16-10-22-25(12-16)8-7-19(26)27)20(23-13)14-4-5-15-11-24(2)21(28)18(15)9-14/h3-6,9-10,12H,7-8,11H2,1-2H3,(H,26,27). The maximum Gasteiger partial charge on any atom is 0.305 e. The van der Waals surface area contributed by atoms with Gasteiger partial charge in [0.25, 0.3) is 5.91 Å². The minimum atomic E-state index is -0.859. The largest absolute Gasteiger partial charge is 0.481 e. The Morgan fingerprint density at radius 2 is 2.00 bits per heavy atom. The van der Waals surface area contributed by atoms with Gasteiger partial charge in [0, 0.05) is 47.7 Å². The van der Waals surface area contributed by atoms with Gasteiger partial charge in [-0.3, -0.25) is 19.3 Å². The van der Waals surface area contributed by atoms with Crippen LogP contribution in [-0.4, -0.2) is 43.7 Å². The molecule has 0 radical (unpaired) electrons. The number of hydrogen-bond donors (Lipinski definition) is 1. The summed E-state index contributed by atoms with van der Waals surface area (Å²) in [7, 11) is 1.80. The fourth-order valence-corrected chi connectivity index (χ4v) is 3.44. The molecule has 0 fully saturated rings. The number of pyridine rings is 1. The number of carbonyl (C=O) groups excluding carboxylic acids is 1. The molecule has 0 bridgehead atoms. The first kappa shape index (κ1) is 17.9. The molecule has 0 aliphatic carbocycles. The van der Waals surface area contributed by atoms with Crippen molar-refractivity contribution in [2.75, 3.05) is 7.05 Å². The van der Waals surface area contributed by atoms with Crippen molar-refractivity contribution in [1.29, 1.82) is 0 Å². The summed E-state index contributed by atoms with van der Waals surface area (Å²) in [5.74, 6) is -0.838. The zero-order valence-corrected chi connectivity index (χ0v) is 15.7. The molecule has 0 saturated heterocycles. The van der Waals surface area contributed by atoms with Crippen LogP contribution in [0, 0.1) is 6.92 Å². The molecule has 7 nitrogen and oxygen atoms in total. The second kappa shape index (κ2) is 6.92. The monoisotopic (exact) mass is 376 g/mol. The zero-order chi connectivity index (χ0) is 19.8. The van der Waals surface area contributed by atoms with E-state index in [1.807, 2.05) is 43.5 Å². The first-order valence-corrected chi connectivity index (χ1v) is 9.03. The van der Waals surface area contributed by atoms with E-state index < -0.39 is 5.97 Å². The molecule has 0 unspecified atom stereocenters. The molecular weight excluding hydrogens is 356 g/mol. The number of aryl methyl sites for hydroxylation is 2. The maximum atomic E-state index is 12.4. The van der Waals surface area contributed by atoms with Crippen LogP contribution in [0.1, 0.15) is 28.0 Å². The van der Waals surface area contributed by atoms with Crippen LogP contribution in [-0.2, 0) is 17.9 Å². The molecule has 28 heavy (non-hydrogen) atoms. The van der Waals surface area contributed by atoms with E-state index in [1.165, 1.54) is 0 Å². The fraction of sp³-hybridized carbons (Fsp3) is 0.238. The number of amides is 1. The summed E-state index contributed by atoms with van der Waals surface area (Å²) in [6, 6.07) is 9.79. The summed E-state index contributed by atoms with van der Waals surface area (Å²) < 4.78 is 1.62. The highest BCUT2D eigenvalue weighted by Crippen LogP contribution is 2.33. The molecule has 3 aromatic rings. The third-order valence-electron chi connectivity index (χ3n) is 4.90. The number of hydrogen-bond acceptors (Lipinski definition) is 4. The van der Waals surface area contributed by atoms with E-state index in [2.05, 4.69) is 5.10 Å². The number of aliphatic carboxylic acids is 1. The lowest BCUT2D eigenvalue weighted by molar-refractivity contribution is -0.137. The van der Waals surface area contributed by atoms with Gasteiger partial charge in [0.05, 0.1) is 24.9 Å². The molecule has 1 N–H and O–H groups in total. The highest BCUT2D eigenvalue weighted by Gasteiger charge is 2.25. The molecule has 0 atom stereocenters. The van der Waals surface area contributed by atoms with Crippen LogP contribution < -0.4 is 0 Å². The zero-order valence-electron chi connectivity index (χ0n) is 15.7. The van der Waals surface area contributed by atoms with Crippen LogP contribution in [0.4, 0.5) is 0 Å². The van der Waals surface area contributed by atoms with Gasteiger partial charge >= 0.3 is 5.97 Å². The summed E-state index contributed by atoms with van der Waals surface area (Å²) in [6.45, 7) is 2.86. The van der Waals surface area contributed by atoms with Crippen molar-refractivity contribution in [3.63, 3.8) is 0 Å². The van der Waals surface area contributed by atoms with Crippen LogP contribution in [0.2, 0.25) is 0 Å². The average molecular weight is 376 g/mol. The molecule has 0 saturated carbocycles. The minimum absolute atomic E-state index is 0.0145. The molecule has 1 amide bonds. The molecule has 1 aromatic carbocycles. The van der Waals surface area contributed by atoms with Crippen LogP contribution >= 0.6 is 0 Å². The van der Waals surface area contributed by atoms with Crippen molar-refractivity contribution in [1.82, 2.24) is 19.7 Å². The van der Waals surface area contributed by atoms with Gasteiger partial charge in [0.1, 0.15) is 0 Å². The average Bonchev–Trinajstić information content (AvgIpc) is 3.25. The van der Waals surface area contributed by atoms with Gasteiger partial charge in [-0.05, 0) is 24.6 Å². The quantitative estimate of drug-likeness (QED) is 0.740. The van der Waals surface area contributed by atoms with E-state index in [9.17, 15) is 9.59 Å². The first-order chi connectivity index (χ1) is 13.4. The summed E-state index contributed by atoms with van der Waals surface area (Å²) in [5.41, 5.74) is 6.02. The van der Waals surface area contributed by atoms with Gasteiger partial charge in [0.15, 0.2) is 0 Å². The van der Waals surface area contributed by atoms with Crippen LogP contribution in [0.15, 0.2) is 42.7 Å². The molecule has 1 aliphatic rings. The summed E-state index contributed by atoms with van der Waals surface area (Å²) in [6.07, 6.45) is 3.55. The van der Waals surface area contributed by atoms with E-state index in [1.54, 1.807) is 22.8 Å². The van der Waals surface area contributed by atoms with Crippen molar-refractivity contribution >= 4 is 11.9 Å². The smallest absolute Gasteiger partial charge is 0.305 e. The third-order valence-corrected chi connectivity index (χ3v) is 4.90. The molecule has 0 spiro atoms. The molecule has 142 valence electrons. The minimum Gasteiger partial charge on any atom is -0.481 e. The van der Waals surface area contributed by atoms with E-state index >= 15 is 0 Å². The molecule has 2 aromatic heterocycles. The van der Waals surface area contributed by atoms with E-state index in [0.717, 1.165) is 33.6 Å². The normalized spacial score (nSPS) is 13.1. The fourth-order valence-electron chi connectivity index (χ4n) is 3.44.